The smallest absolute Gasteiger partial charge is 0.277 e. The van der Waals surface area contributed by atoms with Crippen LogP contribution in [0, 0.1) is 19.7 Å². The number of nitrogens with zero attached hydrogens (tertiary/aromatic N) is 1. The summed E-state index contributed by atoms with van der Waals surface area (Å²) in [4.78, 5) is 24.4. The van der Waals surface area contributed by atoms with Gasteiger partial charge in [0.1, 0.15) is 11.6 Å². The van der Waals surface area contributed by atoms with Gasteiger partial charge in [-0.3, -0.25) is 9.59 Å². The highest BCUT2D eigenvalue weighted by Gasteiger charge is 2.11. The average Bonchev–Trinajstić information content (AvgIpc) is 2.78. The summed E-state index contributed by atoms with van der Waals surface area (Å²) in [5.74, 6) is -0.884. The van der Waals surface area contributed by atoms with E-state index in [9.17, 15) is 14.0 Å². The number of amides is 2. The molecule has 0 aliphatic rings. The summed E-state index contributed by atoms with van der Waals surface area (Å²) in [5.41, 5.74) is 6.11. The molecular formula is C25H24FN3O3. The number of hydrogen-bond acceptors (Lipinski definition) is 4. The number of anilines is 1. The minimum Gasteiger partial charge on any atom is -0.483 e. The van der Waals surface area contributed by atoms with Crippen molar-refractivity contribution in [2.75, 3.05) is 11.9 Å². The van der Waals surface area contributed by atoms with E-state index in [2.05, 4.69) is 15.8 Å². The summed E-state index contributed by atoms with van der Waals surface area (Å²) in [6.45, 7) is 5.42. The van der Waals surface area contributed by atoms with Crippen LogP contribution in [0.5, 0.6) is 5.75 Å². The van der Waals surface area contributed by atoms with Crippen LogP contribution in [0.2, 0.25) is 0 Å². The van der Waals surface area contributed by atoms with Gasteiger partial charge in [-0.1, -0.05) is 36.4 Å². The van der Waals surface area contributed by atoms with Gasteiger partial charge in [0.2, 0.25) is 0 Å². The molecule has 0 aromatic heterocycles. The number of halogens is 1. The summed E-state index contributed by atoms with van der Waals surface area (Å²) >= 11 is 0. The van der Waals surface area contributed by atoms with E-state index in [0.29, 0.717) is 22.7 Å². The molecule has 0 spiro atoms. The van der Waals surface area contributed by atoms with Crippen LogP contribution in [0.15, 0.2) is 71.8 Å². The van der Waals surface area contributed by atoms with Crippen molar-refractivity contribution >= 4 is 23.2 Å². The van der Waals surface area contributed by atoms with Crippen molar-refractivity contribution < 1.29 is 18.7 Å². The van der Waals surface area contributed by atoms with Crippen LogP contribution < -0.4 is 15.5 Å². The van der Waals surface area contributed by atoms with Gasteiger partial charge in [-0.2, -0.15) is 5.10 Å². The van der Waals surface area contributed by atoms with E-state index in [1.807, 2.05) is 32.0 Å². The van der Waals surface area contributed by atoms with Gasteiger partial charge in [-0.15, -0.1) is 0 Å². The molecule has 32 heavy (non-hydrogen) atoms. The molecule has 0 aliphatic heterocycles. The summed E-state index contributed by atoms with van der Waals surface area (Å²) in [6, 6.07) is 18.4. The quantitative estimate of drug-likeness (QED) is 0.422. The molecule has 0 saturated carbocycles. The Hall–Kier alpha value is -4.00. The topological polar surface area (TPSA) is 79.8 Å². The van der Waals surface area contributed by atoms with E-state index in [-0.39, 0.29) is 12.2 Å². The van der Waals surface area contributed by atoms with Crippen LogP contribution >= 0.6 is 0 Å². The monoisotopic (exact) mass is 433 g/mol. The van der Waals surface area contributed by atoms with Crippen molar-refractivity contribution in [3.05, 3.63) is 94.8 Å². The Morgan fingerprint density at radius 1 is 1.00 bits per heavy atom. The SMILES string of the molecule is CC(=NNC(=O)COc1cc(C)ccc1C)c1cccc(NC(=O)c2ccccc2F)c1. The molecule has 0 heterocycles. The van der Waals surface area contributed by atoms with Gasteiger partial charge in [-0.05, 0) is 67.8 Å². The molecule has 0 fully saturated rings. The number of hydrogen-bond donors (Lipinski definition) is 2. The number of nitrogens with one attached hydrogen (secondary N) is 2. The predicted molar refractivity (Wildman–Crippen MR) is 123 cm³/mol. The van der Waals surface area contributed by atoms with Crippen LogP contribution in [0.3, 0.4) is 0 Å². The Bertz CT molecular complexity index is 1170. The second kappa shape index (κ2) is 10.3. The van der Waals surface area contributed by atoms with Crippen molar-refractivity contribution in [2.45, 2.75) is 20.8 Å². The highest BCUT2D eigenvalue weighted by atomic mass is 19.1. The number of hydrazone groups is 1. The fraction of sp³-hybridized carbons (Fsp3) is 0.160. The Morgan fingerprint density at radius 3 is 2.56 bits per heavy atom. The fourth-order valence-electron chi connectivity index (χ4n) is 2.91. The maximum atomic E-state index is 13.8. The van der Waals surface area contributed by atoms with Gasteiger partial charge in [0.25, 0.3) is 11.8 Å². The predicted octanol–water partition coefficient (Wildman–Crippen LogP) is 4.61. The summed E-state index contributed by atoms with van der Waals surface area (Å²) in [5, 5.41) is 6.77. The molecule has 2 amide bonds. The number of benzene rings is 3. The number of carbonyl (C=O) groups is 2. The molecule has 7 heteroatoms. The maximum absolute atomic E-state index is 13.8. The molecule has 3 aromatic rings. The van der Waals surface area contributed by atoms with Crippen LogP contribution in [0.1, 0.15) is 34.0 Å². The molecular weight excluding hydrogens is 409 g/mol. The average molecular weight is 433 g/mol. The van der Waals surface area contributed by atoms with Crippen LogP contribution in [-0.2, 0) is 4.79 Å². The minimum atomic E-state index is -0.593. The Balaban J connectivity index is 1.60. The molecule has 0 aliphatic carbocycles. The molecule has 0 saturated heterocycles. The molecule has 0 bridgehead atoms. The van der Waals surface area contributed by atoms with Gasteiger partial charge < -0.3 is 10.1 Å². The van der Waals surface area contributed by atoms with Gasteiger partial charge in [-0.25, -0.2) is 9.82 Å². The van der Waals surface area contributed by atoms with Crippen molar-refractivity contribution in [2.24, 2.45) is 5.10 Å². The number of ether oxygens (including phenoxy) is 1. The first-order valence-electron chi connectivity index (χ1n) is 10.0. The lowest BCUT2D eigenvalue weighted by Gasteiger charge is -2.10. The Kier molecular flexibility index (Phi) is 7.33. The Morgan fingerprint density at radius 2 is 1.78 bits per heavy atom. The van der Waals surface area contributed by atoms with Gasteiger partial charge >= 0.3 is 0 Å². The summed E-state index contributed by atoms with van der Waals surface area (Å²) < 4.78 is 19.4. The maximum Gasteiger partial charge on any atom is 0.277 e. The lowest BCUT2D eigenvalue weighted by atomic mass is 10.1. The number of rotatable bonds is 7. The zero-order valence-corrected chi connectivity index (χ0v) is 18.1. The van der Waals surface area contributed by atoms with E-state index in [1.165, 1.54) is 18.2 Å². The lowest BCUT2D eigenvalue weighted by Crippen LogP contribution is -2.25. The third kappa shape index (κ3) is 6.01. The van der Waals surface area contributed by atoms with Gasteiger partial charge in [0.05, 0.1) is 11.3 Å². The van der Waals surface area contributed by atoms with Crippen LogP contribution in [0.25, 0.3) is 0 Å². The lowest BCUT2D eigenvalue weighted by molar-refractivity contribution is -0.123. The molecule has 3 rings (SSSR count). The minimum absolute atomic E-state index is 0.0422. The van der Waals surface area contributed by atoms with Crippen molar-refractivity contribution in [3.8, 4) is 5.75 Å². The summed E-state index contributed by atoms with van der Waals surface area (Å²) in [7, 11) is 0. The number of carbonyl (C=O) groups excluding carboxylic acids is 2. The standard InChI is InChI=1S/C25H24FN3O3/c1-16-11-12-17(2)23(13-16)32-15-24(30)29-28-18(3)19-7-6-8-20(14-19)27-25(31)21-9-4-5-10-22(21)26/h4-14H,15H2,1-3H3,(H,27,31)(H,29,30). The normalized spacial score (nSPS) is 11.1. The first-order valence-corrected chi connectivity index (χ1v) is 10.0. The molecule has 164 valence electrons. The van der Waals surface area contributed by atoms with Crippen molar-refractivity contribution in [1.82, 2.24) is 5.43 Å². The first kappa shape index (κ1) is 22.7. The molecule has 2 N–H and O–H groups in total. The Labute approximate surface area is 186 Å². The fourth-order valence-corrected chi connectivity index (χ4v) is 2.91. The van der Waals surface area contributed by atoms with E-state index < -0.39 is 17.6 Å². The molecule has 6 nitrogen and oxygen atoms in total. The van der Waals surface area contributed by atoms with Crippen molar-refractivity contribution in [3.63, 3.8) is 0 Å². The van der Waals surface area contributed by atoms with Gasteiger partial charge in [0.15, 0.2) is 6.61 Å². The van der Waals surface area contributed by atoms with E-state index in [4.69, 9.17) is 4.74 Å². The molecule has 3 aromatic carbocycles. The zero-order valence-electron chi connectivity index (χ0n) is 18.1. The van der Waals surface area contributed by atoms with Crippen LogP contribution in [0.4, 0.5) is 10.1 Å². The third-order valence-corrected chi connectivity index (χ3v) is 4.71. The zero-order chi connectivity index (χ0) is 23.1. The third-order valence-electron chi connectivity index (χ3n) is 4.71. The molecule has 0 atom stereocenters. The van der Waals surface area contributed by atoms with E-state index in [1.54, 1.807) is 37.3 Å². The second-order valence-electron chi connectivity index (χ2n) is 7.30. The summed E-state index contributed by atoms with van der Waals surface area (Å²) in [6.07, 6.45) is 0. The first-order chi connectivity index (χ1) is 15.3. The highest BCUT2D eigenvalue weighted by molar-refractivity contribution is 6.05. The second-order valence-corrected chi connectivity index (χ2v) is 7.30. The molecule has 0 radical (unpaired) electrons. The molecule has 0 unspecified atom stereocenters. The van der Waals surface area contributed by atoms with E-state index >= 15 is 0 Å². The van der Waals surface area contributed by atoms with Crippen molar-refractivity contribution in [1.29, 1.82) is 0 Å². The highest BCUT2D eigenvalue weighted by Crippen LogP contribution is 2.19. The van der Waals surface area contributed by atoms with E-state index in [0.717, 1.165) is 11.1 Å². The largest absolute Gasteiger partial charge is 0.483 e. The number of aryl methyl sites for hydroxylation is 2. The van der Waals surface area contributed by atoms with Crippen LogP contribution in [-0.4, -0.2) is 24.1 Å². The van der Waals surface area contributed by atoms with Gasteiger partial charge in [0, 0.05) is 5.69 Å².